The molecule has 0 radical (unpaired) electrons. The van der Waals surface area contributed by atoms with E-state index in [1.807, 2.05) is 25.1 Å². The molecule has 0 aliphatic carbocycles. The van der Waals surface area contributed by atoms with Gasteiger partial charge >= 0.3 is 11.9 Å². The van der Waals surface area contributed by atoms with Gasteiger partial charge in [-0.2, -0.15) is 4.98 Å². The van der Waals surface area contributed by atoms with Crippen LogP contribution in [0.2, 0.25) is 0 Å². The second-order valence-electron chi connectivity index (χ2n) is 3.10. The predicted octanol–water partition coefficient (Wildman–Crippen LogP) is 1.74. The van der Waals surface area contributed by atoms with Gasteiger partial charge in [0.25, 0.3) is 0 Å². The summed E-state index contributed by atoms with van der Waals surface area (Å²) in [5.74, 6) is -1.33. The van der Waals surface area contributed by atoms with Crippen LogP contribution in [0.4, 0.5) is 0 Å². The lowest BCUT2D eigenvalue weighted by molar-refractivity contribution is 0.0643. The summed E-state index contributed by atoms with van der Waals surface area (Å²) in [5.41, 5.74) is 1.79. The van der Waals surface area contributed by atoms with Crippen LogP contribution in [0.3, 0.4) is 0 Å². The van der Waals surface area contributed by atoms with E-state index in [-0.39, 0.29) is 5.82 Å². The average Bonchev–Trinajstić information content (AvgIpc) is 2.66. The van der Waals surface area contributed by atoms with Crippen molar-refractivity contribution >= 4 is 5.97 Å². The van der Waals surface area contributed by atoms with Crippen LogP contribution in [-0.4, -0.2) is 21.2 Å². The van der Waals surface area contributed by atoms with Gasteiger partial charge in [-0.25, -0.2) is 4.79 Å². The molecule has 0 spiro atoms. The van der Waals surface area contributed by atoms with Crippen LogP contribution < -0.4 is 0 Å². The molecule has 0 atom stereocenters. The topological polar surface area (TPSA) is 76.2 Å². The number of aryl methyl sites for hydroxylation is 1. The Morgan fingerprint density at radius 1 is 1.47 bits per heavy atom. The third-order valence-electron chi connectivity index (χ3n) is 1.89. The van der Waals surface area contributed by atoms with E-state index in [1.165, 1.54) is 0 Å². The van der Waals surface area contributed by atoms with E-state index >= 15 is 0 Å². The third-order valence-corrected chi connectivity index (χ3v) is 1.89. The minimum Gasteiger partial charge on any atom is -0.474 e. The fourth-order valence-electron chi connectivity index (χ4n) is 1.21. The molecule has 5 heteroatoms. The summed E-state index contributed by atoms with van der Waals surface area (Å²) >= 11 is 0. The van der Waals surface area contributed by atoms with Crippen LogP contribution in [0, 0.1) is 6.92 Å². The molecule has 15 heavy (non-hydrogen) atoms. The smallest absolute Gasteiger partial charge is 0.394 e. The highest BCUT2D eigenvalue weighted by atomic mass is 16.5. The molecule has 1 aromatic carbocycles. The van der Waals surface area contributed by atoms with Crippen LogP contribution in [0.15, 0.2) is 28.8 Å². The van der Waals surface area contributed by atoms with Gasteiger partial charge in [0.1, 0.15) is 0 Å². The van der Waals surface area contributed by atoms with E-state index in [0.29, 0.717) is 0 Å². The summed E-state index contributed by atoms with van der Waals surface area (Å²) in [6.45, 7) is 1.93. The highest BCUT2D eigenvalue weighted by Gasteiger charge is 2.14. The minimum absolute atomic E-state index is 0.288. The number of nitrogens with zero attached hydrogens (tertiary/aromatic N) is 2. The zero-order chi connectivity index (χ0) is 10.8. The maximum Gasteiger partial charge on any atom is 0.394 e. The van der Waals surface area contributed by atoms with E-state index in [9.17, 15) is 4.79 Å². The predicted molar refractivity (Wildman–Crippen MR) is 51.4 cm³/mol. The first-order valence-electron chi connectivity index (χ1n) is 4.31. The summed E-state index contributed by atoms with van der Waals surface area (Å²) in [4.78, 5) is 14.3. The van der Waals surface area contributed by atoms with Gasteiger partial charge < -0.3 is 9.63 Å². The van der Waals surface area contributed by atoms with Gasteiger partial charge in [-0.1, -0.05) is 28.9 Å². The molecule has 0 bridgehead atoms. The Bertz CT molecular complexity index is 505. The number of hydrogen-bond donors (Lipinski definition) is 1. The standard InChI is InChI=1S/C10H8N2O3/c1-6-3-2-4-7(5-6)8-11-9(10(13)14)15-12-8/h2-5H,1H3,(H,13,14). The fourth-order valence-corrected chi connectivity index (χ4v) is 1.21. The second kappa shape index (κ2) is 3.53. The van der Waals surface area contributed by atoms with Crippen molar-refractivity contribution in [1.82, 2.24) is 10.1 Å². The van der Waals surface area contributed by atoms with Crippen molar-refractivity contribution in [1.29, 1.82) is 0 Å². The number of hydrogen-bond acceptors (Lipinski definition) is 4. The quantitative estimate of drug-likeness (QED) is 0.806. The molecular formula is C10H8N2O3. The molecule has 76 valence electrons. The Labute approximate surface area is 85.4 Å². The zero-order valence-corrected chi connectivity index (χ0v) is 7.97. The van der Waals surface area contributed by atoms with Gasteiger partial charge in [0.2, 0.25) is 5.82 Å². The van der Waals surface area contributed by atoms with Crippen molar-refractivity contribution < 1.29 is 14.4 Å². The molecule has 0 aliphatic heterocycles. The van der Waals surface area contributed by atoms with Crippen LogP contribution in [0.25, 0.3) is 11.4 Å². The van der Waals surface area contributed by atoms with Crippen molar-refractivity contribution in [3.05, 3.63) is 35.7 Å². The highest BCUT2D eigenvalue weighted by Crippen LogP contribution is 2.16. The van der Waals surface area contributed by atoms with Crippen LogP contribution >= 0.6 is 0 Å². The number of aromatic carboxylic acids is 1. The molecule has 1 N–H and O–H groups in total. The van der Waals surface area contributed by atoms with Crippen molar-refractivity contribution in [2.75, 3.05) is 0 Å². The fraction of sp³-hybridized carbons (Fsp3) is 0.100. The van der Waals surface area contributed by atoms with Crippen molar-refractivity contribution in [2.45, 2.75) is 6.92 Å². The van der Waals surface area contributed by atoms with Gasteiger partial charge in [-0.3, -0.25) is 0 Å². The normalized spacial score (nSPS) is 10.2. The van der Waals surface area contributed by atoms with Gasteiger partial charge in [0.15, 0.2) is 0 Å². The summed E-state index contributed by atoms with van der Waals surface area (Å²) in [5, 5.41) is 12.2. The highest BCUT2D eigenvalue weighted by molar-refractivity contribution is 5.82. The average molecular weight is 204 g/mol. The molecule has 1 heterocycles. The SMILES string of the molecule is Cc1cccc(-c2noc(C(=O)O)n2)c1. The third kappa shape index (κ3) is 1.85. The molecule has 0 aliphatic rings. The van der Waals surface area contributed by atoms with E-state index in [1.54, 1.807) is 6.07 Å². The maximum absolute atomic E-state index is 10.5. The molecule has 0 saturated heterocycles. The lowest BCUT2D eigenvalue weighted by atomic mass is 10.1. The van der Waals surface area contributed by atoms with Gasteiger partial charge in [0.05, 0.1) is 0 Å². The molecule has 0 saturated carbocycles. The first kappa shape index (κ1) is 9.39. The van der Waals surface area contributed by atoms with Crippen molar-refractivity contribution in [2.24, 2.45) is 0 Å². The first-order valence-corrected chi connectivity index (χ1v) is 4.31. The minimum atomic E-state index is -1.22. The Balaban J connectivity index is 2.41. The van der Waals surface area contributed by atoms with Gasteiger partial charge in [-0.05, 0) is 13.0 Å². The van der Waals surface area contributed by atoms with Crippen molar-refractivity contribution in [3.8, 4) is 11.4 Å². The lowest BCUT2D eigenvalue weighted by Crippen LogP contribution is -1.95. The van der Waals surface area contributed by atoms with Crippen LogP contribution in [-0.2, 0) is 0 Å². The molecule has 0 fully saturated rings. The number of benzene rings is 1. The van der Waals surface area contributed by atoms with Gasteiger partial charge in [-0.15, -0.1) is 0 Å². The Morgan fingerprint density at radius 3 is 2.87 bits per heavy atom. The summed E-state index contributed by atoms with van der Waals surface area (Å²) < 4.78 is 4.56. The zero-order valence-electron chi connectivity index (χ0n) is 7.97. The molecular weight excluding hydrogens is 196 g/mol. The molecule has 0 amide bonds. The largest absolute Gasteiger partial charge is 0.474 e. The Kier molecular flexibility index (Phi) is 2.21. The maximum atomic E-state index is 10.5. The molecule has 2 rings (SSSR count). The summed E-state index contributed by atoms with van der Waals surface area (Å²) in [6, 6.07) is 7.43. The van der Waals surface area contributed by atoms with E-state index < -0.39 is 11.9 Å². The van der Waals surface area contributed by atoms with E-state index in [2.05, 4.69) is 14.7 Å². The first-order chi connectivity index (χ1) is 7.16. The second-order valence-corrected chi connectivity index (χ2v) is 3.10. The molecule has 1 aromatic heterocycles. The van der Waals surface area contributed by atoms with E-state index in [4.69, 9.17) is 5.11 Å². The summed E-state index contributed by atoms with van der Waals surface area (Å²) in [7, 11) is 0. The monoisotopic (exact) mass is 204 g/mol. The molecule has 5 nitrogen and oxygen atoms in total. The molecule has 0 unspecified atom stereocenters. The summed E-state index contributed by atoms with van der Waals surface area (Å²) in [6.07, 6.45) is 0. The number of carboxylic acids is 1. The lowest BCUT2D eigenvalue weighted by Gasteiger charge is -1.94. The van der Waals surface area contributed by atoms with E-state index in [0.717, 1.165) is 11.1 Å². The number of aromatic nitrogens is 2. The van der Waals surface area contributed by atoms with Crippen LogP contribution in [0.1, 0.15) is 16.2 Å². The number of carboxylic acid groups (broad SMARTS) is 1. The molecule has 2 aromatic rings. The van der Waals surface area contributed by atoms with Gasteiger partial charge in [0, 0.05) is 5.56 Å². The Morgan fingerprint density at radius 2 is 2.27 bits per heavy atom. The van der Waals surface area contributed by atoms with Crippen LogP contribution in [0.5, 0.6) is 0 Å². The van der Waals surface area contributed by atoms with Crippen molar-refractivity contribution in [3.63, 3.8) is 0 Å². The number of rotatable bonds is 2. The number of carbonyl (C=O) groups is 1. The Hall–Kier alpha value is -2.17.